The van der Waals surface area contributed by atoms with Gasteiger partial charge in [-0.1, -0.05) is 19.8 Å². The molecule has 2 saturated carbocycles. The molecule has 18 heavy (non-hydrogen) atoms. The van der Waals surface area contributed by atoms with Crippen LogP contribution in [0.5, 0.6) is 0 Å². The quantitative estimate of drug-likeness (QED) is 0.833. The van der Waals surface area contributed by atoms with Crippen LogP contribution in [-0.2, 0) is 9.59 Å². The van der Waals surface area contributed by atoms with Crippen molar-refractivity contribution in [3.8, 4) is 0 Å². The predicted molar refractivity (Wildman–Crippen MR) is 68.0 cm³/mol. The molecule has 2 rings (SSSR count). The number of carbonyl (C=O) groups is 2. The fraction of sp³-hybridized carbons (Fsp3) is 0.857. The second-order valence-corrected chi connectivity index (χ2v) is 6.03. The van der Waals surface area contributed by atoms with Crippen LogP contribution in [0.4, 0.5) is 0 Å². The fourth-order valence-corrected chi connectivity index (χ4v) is 3.10. The van der Waals surface area contributed by atoms with Gasteiger partial charge >= 0.3 is 5.97 Å². The lowest BCUT2D eigenvalue weighted by molar-refractivity contribution is -0.151. The molecule has 0 bridgehead atoms. The van der Waals surface area contributed by atoms with Crippen molar-refractivity contribution in [1.82, 2.24) is 4.90 Å². The Balaban J connectivity index is 1.94. The highest BCUT2D eigenvalue weighted by atomic mass is 16.4. The number of nitrogens with zero attached hydrogens (tertiary/aromatic N) is 1. The Morgan fingerprint density at radius 1 is 1.22 bits per heavy atom. The SMILES string of the molecule is CC1CC1CN(C)C(=O)[C@@H]1CCCC[C@@H]1C(=O)O. The highest BCUT2D eigenvalue weighted by molar-refractivity contribution is 5.84. The number of aliphatic carboxylic acids is 1. The van der Waals surface area contributed by atoms with E-state index < -0.39 is 11.9 Å². The minimum absolute atomic E-state index is 0.0428. The number of hydrogen-bond acceptors (Lipinski definition) is 2. The molecule has 2 aliphatic rings. The Morgan fingerprint density at radius 2 is 1.78 bits per heavy atom. The van der Waals surface area contributed by atoms with Crippen LogP contribution in [-0.4, -0.2) is 35.5 Å². The van der Waals surface area contributed by atoms with E-state index in [2.05, 4.69) is 6.92 Å². The van der Waals surface area contributed by atoms with Gasteiger partial charge in [-0.15, -0.1) is 0 Å². The smallest absolute Gasteiger partial charge is 0.307 e. The molecular weight excluding hydrogens is 230 g/mol. The molecule has 2 aliphatic carbocycles. The number of rotatable bonds is 4. The molecule has 4 nitrogen and oxygen atoms in total. The average Bonchev–Trinajstić information content (AvgIpc) is 3.03. The molecule has 2 fully saturated rings. The molecule has 0 radical (unpaired) electrons. The van der Waals surface area contributed by atoms with Crippen molar-refractivity contribution in [1.29, 1.82) is 0 Å². The lowest BCUT2D eigenvalue weighted by Gasteiger charge is -2.31. The number of carbonyl (C=O) groups excluding carboxylic acids is 1. The number of amides is 1. The maximum absolute atomic E-state index is 12.3. The molecule has 4 heteroatoms. The van der Waals surface area contributed by atoms with E-state index >= 15 is 0 Å². The van der Waals surface area contributed by atoms with Crippen LogP contribution >= 0.6 is 0 Å². The lowest BCUT2D eigenvalue weighted by atomic mass is 9.78. The van der Waals surface area contributed by atoms with Crippen LogP contribution in [0.15, 0.2) is 0 Å². The molecule has 0 aliphatic heterocycles. The molecular formula is C14H23NO3. The third-order valence-corrected chi connectivity index (χ3v) is 4.56. The summed E-state index contributed by atoms with van der Waals surface area (Å²) in [6.45, 7) is 2.99. The number of carboxylic acid groups (broad SMARTS) is 1. The van der Waals surface area contributed by atoms with Crippen molar-refractivity contribution in [2.75, 3.05) is 13.6 Å². The third-order valence-electron chi connectivity index (χ3n) is 4.56. The van der Waals surface area contributed by atoms with Crippen LogP contribution < -0.4 is 0 Å². The Morgan fingerprint density at radius 3 is 2.28 bits per heavy atom. The second-order valence-electron chi connectivity index (χ2n) is 6.03. The zero-order valence-corrected chi connectivity index (χ0v) is 11.3. The van der Waals surface area contributed by atoms with Crippen LogP contribution in [0.3, 0.4) is 0 Å². The summed E-state index contributed by atoms with van der Waals surface area (Å²) in [6, 6.07) is 0. The Bertz CT molecular complexity index is 342. The monoisotopic (exact) mass is 253 g/mol. The Hall–Kier alpha value is -1.06. The first kappa shape index (κ1) is 13.4. The zero-order chi connectivity index (χ0) is 13.3. The van der Waals surface area contributed by atoms with Gasteiger partial charge in [0.15, 0.2) is 0 Å². The van der Waals surface area contributed by atoms with Gasteiger partial charge in [-0.3, -0.25) is 9.59 Å². The van der Waals surface area contributed by atoms with Gasteiger partial charge < -0.3 is 10.0 Å². The first-order chi connectivity index (χ1) is 8.50. The summed E-state index contributed by atoms with van der Waals surface area (Å²) in [5.41, 5.74) is 0. The summed E-state index contributed by atoms with van der Waals surface area (Å²) in [7, 11) is 1.82. The van der Waals surface area contributed by atoms with Gasteiger partial charge in [-0.2, -0.15) is 0 Å². The number of carboxylic acids is 1. The topological polar surface area (TPSA) is 57.6 Å². The van der Waals surface area contributed by atoms with Crippen molar-refractivity contribution in [2.24, 2.45) is 23.7 Å². The van der Waals surface area contributed by atoms with Crippen LogP contribution in [0.25, 0.3) is 0 Å². The first-order valence-electron chi connectivity index (χ1n) is 6.98. The van der Waals surface area contributed by atoms with E-state index in [4.69, 9.17) is 0 Å². The minimum Gasteiger partial charge on any atom is -0.481 e. The summed E-state index contributed by atoms with van der Waals surface area (Å²) >= 11 is 0. The second kappa shape index (κ2) is 5.29. The van der Waals surface area contributed by atoms with Gasteiger partial charge in [0.05, 0.1) is 11.8 Å². The van der Waals surface area contributed by atoms with E-state index in [0.29, 0.717) is 12.3 Å². The van der Waals surface area contributed by atoms with Crippen molar-refractivity contribution >= 4 is 11.9 Å². The van der Waals surface area contributed by atoms with Gasteiger partial charge in [0, 0.05) is 13.6 Å². The van der Waals surface area contributed by atoms with E-state index in [1.165, 1.54) is 6.42 Å². The molecule has 0 aromatic heterocycles. The van der Waals surface area contributed by atoms with Crippen molar-refractivity contribution < 1.29 is 14.7 Å². The van der Waals surface area contributed by atoms with Gasteiger partial charge in [0.2, 0.25) is 5.91 Å². The fourth-order valence-electron chi connectivity index (χ4n) is 3.10. The van der Waals surface area contributed by atoms with Gasteiger partial charge in [-0.05, 0) is 31.1 Å². The van der Waals surface area contributed by atoms with Crippen LogP contribution in [0.2, 0.25) is 0 Å². The summed E-state index contributed by atoms with van der Waals surface area (Å²) in [6.07, 6.45) is 4.50. The van der Waals surface area contributed by atoms with Gasteiger partial charge in [-0.25, -0.2) is 0 Å². The van der Waals surface area contributed by atoms with Gasteiger partial charge in [0.1, 0.15) is 0 Å². The van der Waals surface area contributed by atoms with E-state index in [1.54, 1.807) is 4.90 Å². The van der Waals surface area contributed by atoms with Crippen molar-refractivity contribution in [3.63, 3.8) is 0 Å². The molecule has 0 aromatic carbocycles. The first-order valence-corrected chi connectivity index (χ1v) is 6.98. The summed E-state index contributed by atoms with van der Waals surface area (Å²) in [5.74, 6) is -0.171. The molecule has 0 aromatic rings. The molecule has 0 spiro atoms. The zero-order valence-electron chi connectivity index (χ0n) is 11.3. The molecule has 1 amide bonds. The highest BCUT2D eigenvalue weighted by Crippen LogP contribution is 2.39. The van der Waals surface area contributed by atoms with Crippen LogP contribution in [0, 0.1) is 23.7 Å². The average molecular weight is 253 g/mol. The normalized spacial score (nSPS) is 35.0. The summed E-state index contributed by atoms with van der Waals surface area (Å²) in [5, 5.41) is 9.20. The Labute approximate surface area is 108 Å². The van der Waals surface area contributed by atoms with Gasteiger partial charge in [0.25, 0.3) is 0 Å². The molecule has 4 atom stereocenters. The summed E-state index contributed by atoms with van der Waals surface area (Å²) in [4.78, 5) is 25.3. The van der Waals surface area contributed by atoms with E-state index in [9.17, 15) is 14.7 Å². The summed E-state index contributed by atoms with van der Waals surface area (Å²) < 4.78 is 0. The molecule has 102 valence electrons. The minimum atomic E-state index is -0.804. The predicted octanol–water partition coefficient (Wildman–Crippen LogP) is 1.99. The molecule has 0 heterocycles. The van der Waals surface area contributed by atoms with Crippen molar-refractivity contribution in [2.45, 2.75) is 39.0 Å². The standard InChI is InChI=1S/C14H23NO3/c1-9-7-10(9)8-15(2)13(16)11-5-3-4-6-12(11)14(17)18/h9-12H,3-8H2,1-2H3,(H,17,18)/t9?,10?,11-,12+/m1/s1. The Kier molecular flexibility index (Phi) is 3.93. The van der Waals surface area contributed by atoms with E-state index in [1.807, 2.05) is 7.05 Å². The third kappa shape index (κ3) is 2.85. The molecule has 2 unspecified atom stereocenters. The van der Waals surface area contributed by atoms with Crippen molar-refractivity contribution in [3.05, 3.63) is 0 Å². The van der Waals surface area contributed by atoms with E-state index in [0.717, 1.165) is 31.7 Å². The number of hydrogen-bond donors (Lipinski definition) is 1. The highest BCUT2D eigenvalue weighted by Gasteiger charge is 2.39. The molecule has 0 saturated heterocycles. The van der Waals surface area contributed by atoms with Crippen LogP contribution in [0.1, 0.15) is 39.0 Å². The maximum Gasteiger partial charge on any atom is 0.307 e. The largest absolute Gasteiger partial charge is 0.481 e. The van der Waals surface area contributed by atoms with E-state index in [-0.39, 0.29) is 11.8 Å². The lowest BCUT2D eigenvalue weighted by Crippen LogP contribution is -2.41. The molecule has 1 N–H and O–H groups in total. The maximum atomic E-state index is 12.3.